The van der Waals surface area contributed by atoms with E-state index in [0.717, 1.165) is 11.2 Å². The van der Waals surface area contributed by atoms with Crippen molar-refractivity contribution >= 4 is 10.9 Å². The van der Waals surface area contributed by atoms with Crippen molar-refractivity contribution in [2.45, 2.75) is 38.6 Å². The van der Waals surface area contributed by atoms with Gasteiger partial charge in [0.15, 0.2) is 0 Å². The van der Waals surface area contributed by atoms with Gasteiger partial charge in [0, 0.05) is 23.7 Å². The van der Waals surface area contributed by atoms with E-state index in [1.807, 2.05) is 6.92 Å². The molecule has 1 aromatic carbocycles. The van der Waals surface area contributed by atoms with Gasteiger partial charge in [-0.15, -0.1) is 0 Å². The molecule has 0 radical (unpaired) electrons. The van der Waals surface area contributed by atoms with E-state index < -0.39 is 0 Å². The molecule has 1 aliphatic rings. The summed E-state index contributed by atoms with van der Waals surface area (Å²) in [5.41, 5.74) is 9.57. The molecule has 1 aliphatic heterocycles. The van der Waals surface area contributed by atoms with E-state index in [1.54, 1.807) is 0 Å². The quantitative estimate of drug-likeness (QED) is 0.938. The maximum Gasteiger partial charge on any atom is 0.0705 e. The predicted molar refractivity (Wildman–Crippen MR) is 88.3 cm³/mol. The zero-order valence-electron chi connectivity index (χ0n) is 12.9. The average molecular weight is 283 g/mol. The highest BCUT2D eigenvalue weighted by atomic mass is 15.2. The lowest BCUT2D eigenvalue weighted by molar-refractivity contribution is 0.210. The number of fused-ring (bicyclic) bond motifs is 1. The maximum atomic E-state index is 6.10. The molecular formula is C18H25N3. The summed E-state index contributed by atoms with van der Waals surface area (Å²) in [6.45, 7) is 5.07. The molecule has 0 spiro atoms. The molecule has 0 amide bonds. The molecule has 21 heavy (non-hydrogen) atoms. The molecule has 1 unspecified atom stereocenters. The van der Waals surface area contributed by atoms with Crippen LogP contribution in [-0.2, 0) is 0 Å². The highest BCUT2D eigenvalue weighted by molar-refractivity contribution is 5.79. The van der Waals surface area contributed by atoms with Gasteiger partial charge in [-0.05, 0) is 56.6 Å². The van der Waals surface area contributed by atoms with Crippen LogP contribution in [0.1, 0.15) is 43.0 Å². The van der Waals surface area contributed by atoms with Gasteiger partial charge in [-0.1, -0.05) is 25.0 Å². The van der Waals surface area contributed by atoms with Crippen molar-refractivity contribution in [1.29, 1.82) is 0 Å². The van der Waals surface area contributed by atoms with Crippen LogP contribution in [0.25, 0.3) is 10.9 Å². The molecule has 2 heterocycles. The fourth-order valence-corrected chi connectivity index (χ4v) is 3.36. The molecule has 112 valence electrons. The van der Waals surface area contributed by atoms with Gasteiger partial charge in [-0.2, -0.15) is 0 Å². The van der Waals surface area contributed by atoms with Crippen LogP contribution in [0.5, 0.6) is 0 Å². The second-order valence-corrected chi connectivity index (χ2v) is 6.11. The van der Waals surface area contributed by atoms with Gasteiger partial charge in [0.1, 0.15) is 0 Å². The summed E-state index contributed by atoms with van der Waals surface area (Å²) in [5, 5.41) is 1.21. The van der Waals surface area contributed by atoms with Crippen molar-refractivity contribution in [3.8, 4) is 0 Å². The molecule has 3 heteroatoms. The zero-order chi connectivity index (χ0) is 14.7. The average Bonchev–Trinajstić information content (AvgIpc) is 2.77. The number of nitrogens with two attached hydrogens (primary N) is 1. The molecule has 2 N–H and O–H groups in total. The van der Waals surface area contributed by atoms with Gasteiger partial charge in [0.2, 0.25) is 0 Å². The normalized spacial score (nSPS) is 18.6. The van der Waals surface area contributed by atoms with E-state index >= 15 is 0 Å². The Labute approximate surface area is 127 Å². The standard InChI is InChI=1S/C18H25N3/c1-14-6-7-15-12-16(8-9-17(15)20-14)18(13-19)21-10-4-2-3-5-11-21/h6-9,12,18H,2-5,10-11,13,19H2,1H3. The number of pyridine rings is 1. The number of nitrogens with zero attached hydrogens (tertiary/aromatic N) is 2. The Kier molecular flexibility index (Phi) is 4.51. The first-order chi connectivity index (χ1) is 10.3. The first-order valence-electron chi connectivity index (χ1n) is 8.09. The van der Waals surface area contributed by atoms with Gasteiger partial charge in [0.25, 0.3) is 0 Å². The molecule has 0 saturated carbocycles. The van der Waals surface area contributed by atoms with Crippen molar-refractivity contribution in [3.63, 3.8) is 0 Å². The van der Waals surface area contributed by atoms with Crippen molar-refractivity contribution in [1.82, 2.24) is 9.88 Å². The lowest BCUT2D eigenvalue weighted by Crippen LogP contribution is -2.34. The summed E-state index contributed by atoms with van der Waals surface area (Å²) < 4.78 is 0. The Hall–Kier alpha value is -1.45. The summed E-state index contributed by atoms with van der Waals surface area (Å²) in [5.74, 6) is 0. The largest absolute Gasteiger partial charge is 0.329 e. The molecule has 0 bridgehead atoms. The lowest BCUT2D eigenvalue weighted by atomic mass is 10.0. The summed E-state index contributed by atoms with van der Waals surface area (Å²) in [6.07, 6.45) is 5.30. The lowest BCUT2D eigenvalue weighted by Gasteiger charge is -2.30. The first kappa shape index (κ1) is 14.5. The monoisotopic (exact) mass is 283 g/mol. The predicted octanol–water partition coefficient (Wildman–Crippen LogP) is 3.42. The van der Waals surface area contributed by atoms with Gasteiger partial charge >= 0.3 is 0 Å². The zero-order valence-corrected chi connectivity index (χ0v) is 12.9. The second kappa shape index (κ2) is 6.54. The van der Waals surface area contributed by atoms with Crippen molar-refractivity contribution in [2.75, 3.05) is 19.6 Å². The number of aromatic nitrogens is 1. The second-order valence-electron chi connectivity index (χ2n) is 6.11. The number of likely N-dealkylation sites (tertiary alicyclic amines) is 1. The molecule has 1 saturated heterocycles. The SMILES string of the molecule is Cc1ccc2cc(C(CN)N3CCCCCC3)ccc2n1. The number of aryl methyl sites for hydroxylation is 1. The Balaban J connectivity index is 1.90. The molecule has 1 fully saturated rings. The number of hydrogen-bond acceptors (Lipinski definition) is 3. The highest BCUT2D eigenvalue weighted by Gasteiger charge is 2.20. The van der Waals surface area contributed by atoms with Crippen molar-refractivity contribution in [2.24, 2.45) is 5.73 Å². The molecule has 3 rings (SSSR count). The highest BCUT2D eigenvalue weighted by Crippen LogP contribution is 2.26. The molecule has 3 nitrogen and oxygen atoms in total. The maximum absolute atomic E-state index is 6.10. The van der Waals surface area contributed by atoms with Crippen LogP contribution < -0.4 is 5.73 Å². The molecule has 1 aromatic heterocycles. The van der Waals surface area contributed by atoms with E-state index in [4.69, 9.17) is 5.73 Å². The third kappa shape index (κ3) is 3.25. The Morgan fingerprint density at radius 1 is 1.10 bits per heavy atom. The van der Waals surface area contributed by atoms with E-state index in [-0.39, 0.29) is 0 Å². The van der Waals surface area contributed by atoms with E-state index in [0.29, 0.717) is 12.6 Å². The van der Waals surface area contributed by atoms with Crippen LogP contribution in [0.3, 0.4) is 0 Å². The third-order valence-corrected chi connectivity index (χ3v) is 4.54. The Bertz CT molecular complexity index is 600. The van der Waals surface area contributed by atoms with E-state index in [9.17, 15) is 0 Å². The van der Waals surface area contributed by atoms with Crippen LogP contribution in [0.15, 0.2) is 30.3 Å². The number of hydrogen-bond donors (Lipinski definition) is 1. The van der Waals surface area contributed by atoms with Gasteiger partial charge in [0.05, 0.1) is 5.52 Å². The minimum atomic E-state index is 0.341. The molecule has 2 aromatic rings. The summed E-state index contributed by atoms with van der Waals surface area (Å²) >= 11 is 0. The van der Waals surface area contributed by atoms with Gasteiger partial charge < -0.3 is 5.73 Å². The Morgan fingerprint density at radius 2 is 1.86 bits per heavy atom. The van der Waals surface area contributed by atoms with E-state index in [1.165, 1.54) is 49.7 Å². The van der Waals surface area contributed by atoms with Crippen molar-refractivity contribution in [3.05, 3.63) is 41.6 Å². The van der Waals surface area contributed by atoms with Crippen LogP contribution in [-0.4, -0.2) is 29.5 Å². The summed E-state index contributed by atoms with van der Waals surface area (Å²) in [4.78, 5) is 7.15. The summed E-state index contributed by atoms with van der Waals surface area (Å²) in [7, 11) is 0. The van der Waals surface area contributed by atoms with Crippen molar-refractivity contribution < 1.29 is 0 Å². The topological polar surface area (TPSA) is 42.1 Å². The molecular weight excluding hydrogens is 258 g/mol. The van der Waals surface area contributed by atoms with Crippen LogP contribution in [0.2, 0.25) is 0 Å². The fraction of sp³-hybridized carbons (Fsp3) is 0.500. The van der Waals surface area contributed by atoms with Crippen LogP contribution in [0, 0.1) is 6.92 Å². The van der Waals surface area contributed by atoms with Crippen LogP contribution >= 0.6 is 0 Å². The number of benzene rings is 1. The van der Waals surface area contributed by atoms with Gasteiger partial charge in [-0.3, -0.25) is 9.88 Å². The Morgan fingerprint density at radius 3 is 2.57 bits per heavy atom. The fourth-order valence-electron chi connectivity index (χ4n) is 3.36. The third-order valence-electron chi connectivity index (χ3n) is 4.54. The molecule has 1 atom stereocenters. The summed E-state index contributed by atoms with van der Waals surface area (Å²) in [6, 6.07) is 11.2. The van der Waals surface area contributed by atoms with Crippen LogP contribution in [0.4, 0.5) is 0 Å². The minimum Gasteiger partial charge on any atom is -0.329 e. The first-order valence-corrected chi connectivity index (χ1v) is 8.09. The van der Waals surface area contributed by atoms with E-state index in [2.05, 4.69) is 40.2 Å². The smallest absolute Gasteiger partial charge is 0.0705 e. The minimum absolute atomic E-state index is 0.341. The molecule has 0 aliphatic carbocycles. The van der Waals surface area contributed by atoms with Gasteiger partial charge in [-0.25, -0.2) is 0 Å². The number of rotatable bonds is 3.